The molecular formula is C39H51ClN4O7S. The van der Waals surface area contributed by atoms with E-state index >= 15 is 0 Å². The molecule has 0 radical (unpaired) electrons. The van der Waals surface area contributed by atoms with E-state index < -0.39 is 27.6 Å². The minimum atomic E-state index is -4.24. The standard InChI is InChI=1S/C39H51ClN4O7S/c1-38(2)36(45)41-52(47,48)30-13-16-35-33(21-30)43(24-39(25-49-35)17-5-8-26-20-28(40)12-15-32(26)39)22-27-11-14-31(27)34(10-7-19-50-38)51-37(46)44-18-6-9-29(44)23-42(3)4/h7,10,12-13,15-16,20-21,27,29,31,34H,5-6,8-9,11,14,17-19,22-25H2,1-4H3,(H,41,45)/b10-7-/t27-,29-,31+,34-,39-/m0/s1. The number of nitrogens with one attached hydrogen (secondary N) is 1. The number of amides is 2. The molecule has 2 aromatic rings. The van der Waals surface area contributed by atoms with Crippen LogP contribution in [0.15, 0.2) is 53.4 Å². The third-order valence-corrected chi connectivity index (χ3v) is 13.3. The normalized spacial score (nSPS) is 30.3. The van der Waals surface area contributed by atoms with Crippen molar-refractivity contribution in [2.75, 3.05) is 58.4 Å². The molecule has 13 heteroatoms. The fourth-order valence-electron chi connectivity index (χ4n) is 8.75. The van der Waals surface area contributed by atoms with E-state index in [1.807, 2.05) is 31.1 Å². The molecule has 3 aliphatic heterocycles. The van der Waals surface area contributed by atoms with Gasteiger partial charge in [-0.15, -0.1) is 0 Å². The number of rotatable bonds is 3. The molecule has 2 fully saturated rings. The lowest BCUT2D eigenvalue weighted by Gasteiger charge is -2.46. The van der Waals surface area contributed by atoms with Crippen LogP contribution in [-0.4, -0.2) is 101 Å². The van der Waals surface area contributed by atoms with Crippen LogP contribution < -0.4 is 14.4 Å². The number of hydrogen-bond acceptors (Lipinski definition) is 9. The first kappa shape index (κ1) is 37.0. The zero-order valence-electron chi connectivity index (χ0n) is 30.6. The number of anilines is 1. The minimum Gasteiger partial charge on any atom is -0.490 e. The Morgan fingerprint density at radius 1 is 1.12 bits per heavy atom. The van der Waals surface area contributed by atoms with Crippen LogP contribution in [0, 0.1) is 11.8 Å². The maximum Gasteiger partial charge on any atom is 0.410 e. The molecule has 7 rings (SSSR count). The molecular weight excluding hydrogens is 704 g/mol. The van der Waals surface area contributed by atoms with Gasteiger partial charge in [0.05, 0.1) is 23.8 Å². The molecule has 0 unspecified atom stereocenters. The lowest BCUT2D eigenvalue weighted by Crippen LogP contribution is -2.50. The molecule has 52 heavy (non-hydrogen) atoms. The second-order valence-corrected chi connectivity index (χ2v) is 18.1. The van der Waals surface area contributed by atoms with E-state index in [1.165, 1.54) is 31.0 Å². The number of likely N-dealkylation sites (N-methyl/N-ethyl adjacent to an activating group) is 1. The molecule has 5 atom stereocenters. The molecule has 2 aromatic carbocycles. The number of benzene rings is 2. The summed E-state index contributed by atoms with van der Waals surface area (Å²) in [5.41, 5.74) is 1.28. The van der Waals surface area contributed by atoms with Gasteiger partial charge in [-0.1, -0.05) is 23.7 Å². The topological polar surface area (TPSA) is 118 Å². The number of sulfonamides is 1. The van der Waals surface area contributed by atoms with Crippen LogP contribution in [0.25, 0.3) is 0 Å². The van der Waals surface area contributed by atoms with Crippen molar-refractivity contribution in [3.8, 4) is 5.75 Å². The SMILES string of the molecule is CN(C)C[C@@H]1CCCN1C(=O)O[C@H]1/C=C\COC(C)(C)C(=O)NS(=O)(=O)c2ccc3c(c2)N(C[C@@H]2CC[C@H]21)C[C@@]1(CCCc2cc(Cl)ccc21)CO3. The van der Waals surface area contributed by atoms with E-state index in [2.05, 4.69) is 26.7 Å². The summed E-state index contributed by atoms with van der Waals surface area (Å²) in [6.07, 6.45) is 9.38. The number of carbonyl (C=O) groups excluding carboxylic acids is 2. The molecule has 2 bridgehead atoms. The van der Waals surface area contributed by atoms with Crippen molar-refractivity contribution in [1.29, 1.82) is 0 Å². The Bertz CT molecular complexity index is 1830. The van der Waals surface area contributed by atoms with Crippen LogP contribution in [0.3, 0.4) is 0 Å². The van der Waals surface area contributed by atoms with Crippen molar-refractivity contribution in [1.82, 2.24) is 14.5 Å². The molecule has 1 spiro atoms. The summed E-state index contributed by atoms with van der Waals surface area (Å²) in [7, 11) is -0.209. The van der Waals surface area contributed by atoms with Gasteiger partial charge in [0, 0.05) is 48.6 Å². The van der Waals surface area contributed by atoms with Crippen LogP contribution in [0.2, 0.25) is 5.02 Å². The van der Waals surface area contributed by atoms with Gasteiger partial charge in [0.15, 0.2) is 0 Å². The Kier molecular flexibility index (Phi) is 10.3. The first-order chi connectivity index (χ1) is 24.7. The minimum absolute atomic E-state index is 0.0300. The van der Waals surface area contributed by atoms with E-state index in [-0.39, 0.29) is 40.9 Å². The fourth-order valence-corrected chi connectivity index (χ4v) is 10.1. The van der Waals surface area contributed by atoms with Crippen LogP contribution in [0.5, 0.6) is 5.75 Å². The predicted octanol–water partition coefficient (Wildman–Crippen LogP) is 5.54. The van der Waals surface area contributed by atoms with Gasteiger partial charge in [-0.2, -0.15) is 0 Å². The van der Waals surface area contributed by atoms with Crippen LogP contribution in [-0.2, 0) is 36.1 Å². The Hall–Kier alpha value is -3.32. The summed E-state index contributed by atoms with van der Waals surface area (Å²) in [6.45, 7) is 6.20. The van der Waals surface area contributed by atoms with Gasteiger partial charge in [-0.25, -0.2) is 17.9 Å². The van der Waals surface area contributed by atoms with E-state index in [9.17, 15) is 18.0 Å². The number of ether oxygens (including phenoxy) is 3. The second-order valence-electron chi connectivity index (χ2n) is 16.0. The maximum atomic E-state index is 13.8. The number of carbonyl (C=O) groups is 2. The zero-order chi connectivity index (χ0) is 36.8. The molecule has 2 aliphatic carbocycles. The molecule has 5 aliphatic rings. The van der Waals surface area contributed by atoms with Crippen LogP contribution in [0.4, 0.5) is 10.5 Å². The second kappa shape index (κ2) is 14.5. The highest BCUT2D eigenvalue weighted by molar-refractivity contribution is 7.90. The molecule has 1 saturated heterocycles. The highest BCUT2D eigenvalue weighted by Crippen LogP contribution is 2.47. The smallest absolute Gasteiger partial charge is 0.410 e. The van der Waals surface area contributed by atoms with Gasteiger partial charge >= 0.3 is 6.09 Å². The average Bonchev–Trinajstić information content (AvgIpc) is 3.47. The van der Waals surface area contributed by atoms with Crippen molar-refractivity contribution in [3.63, 3.8) is 0 Å². The molecule has 0 aromatic heterocycles. The van der Waals surface area contributed by atoms with Crippen LogP contribution in [0.1, 0.15) is 63.5 Å². The van der Waals surface area contributed by atoms with E-state index in [1.54, 1.807) is 18.2 Å². The Morgan fingerprint density at radius 2 is 1.94 bits per heavy atom. The zero-order valence-corrected chi connectivity index (χ0v) is 32.2. The lowest BCUT2D eigenvalue weighted by molar-refractivity contribution is -0.139. The Balaban J connectivity index is 1.26. The number of fused-ring (bicyclic) bond motifs is 4. The number of hydrogen-bond donors (Lipinski definition) is 1. The largest absolute Gasteiger partial charge is 0.490 e. The fraction of sp³-hybridized carbons (Fsp3) is 0.590. The van der Waals surface area contributed by atoms with Gasteiger partial charge in [0.25, 0.3) is 15.9 Å². The highest BCUT2D eigenvalue weighted by Gasteiger charge is 2.46. The number of nitrogens with zero attached hydrogens (tertiary/aromatic N) is 3. The van der Waals surface area contributed by atoms with Gasteiger partial charge in [-0.3, -0.25) is 4.79 Å². The van der Waals surface area contributed by atoms with Gasteiger partial charge in [0.2, 0.25) is 0 Å². The molecule has 2 amide bonds. The molecule has 1 saturated carbocycles. The summed E-state index contributed by atoms with van der Waals surface area (Å²) >= 11 is 6.46. The monoisotopic (exact) mass is 754 g/mol. The Morgan fingerprint density at radius 3 is 2.71 bits per heavy atom. The third-order valence-electron chi connectivity index (χ3n) is 11.7. The van der Waals surface area contributed by atoms with Crippen molar-refractivity contribution >= 4 is 39.3 Å². The van der Waals surface area contributed by atoms with Gasteiger partial charge in [-0.05, 0) is 126 Å². The van der Waals surface area contributed by atoms with Crippen molar-refractivity contribution in [3.05, 3.63) is 64.7 Å². The van der Waals surface area contributed by atoms with Crippen LogP contribution >= 0.6 is 11.6 Å². The van der Waals surface area contributed by atoms with Crippen molar-refractivity contribution < 1.29 is 32.2 Å². The summed E-state index contributed by atoms with van der Waals surface area (Å²) < 4.78 is 48.5. The number of likely N-dealkylation sites (tertiary alicyclic amines) is 1. The van der Waals surface area contributed by atoms with Crippen molar-refractivity contribution in [2.24, 2.45) is 11.8 Å². The first-order valence-corrected chi connectivity index (χ1v) is 20.4. The van der Waals surface area contributed by atoms with E-state index in [0.29, 0.717) is 42.7 Å². The quantitative estimate of drug-likeness (QED) is 0.404. The first-order valence-electron chi connectivity index (χ1n) is 18.6. The lowest BCUT2D eigenvalue weighted by atomic mass is 9.68. The van der Waals surface area contributed by atoms with Gasteiger partial charge in [0.1, 0.15) is 17.5 Å². The maximum absolute atomic E-state index is 13.8. The predicted molar refractivity (Wildman–Crippen MR) is 199 cm³/mol. The summed E-state index contributed by atoms with van der Waals surface area (Å²) in [5.74, 6) is -0.00411. The van der Waals surface area contributed by atoms with E-state index in [4.69, 9.17) is 25.8 Å². The summed E-state index contributed by atoms with van der Waals surface area (Å²) in [6, 6.07) is 11.0. The molecule has 1 N–H and O–H groups in total. The Labute approximate surface area is 312 Å². The molecule has 282 valence electrons. The summed E-state index contributed by atoms with van der Waals surface area (Å²) in [4.78, 5) is 33.4. The molecule has 3 heterocycles. The van der Waals surface area contributed by atoms with E-state index in [0.717, 1.165) is 51.5 Å². The highest BCUT2D eigenvalue weighted by atomic mass is 35.5. The average molecular weight is 755 g/mol. The van der Waals surface area contributed by atoms with Crippen molar-refractivity contribution in [2.45, 2.75) is 86.9 Å². The molecule has 11 nitrogen and oxygen atoms in total. The third kappa shape index (κ3) is 7.41. The summed E-state index contributed by atoms with van der Waals surface area (Å²) in [5, 5.41) is 0.706. The number of aryl methyl sites for hydroxylation is 1. The number of halogens is 1. The van der Waals surface area contributed by atoms with Gasteiger partial charge < -0.3 is 28.9 Å².